The first kappa shape index (κ1) is 27.7. The molecule has 6 rings (SSSR count). The van der Waals surface area contributed by atoms with Crippen LogP contribution in [0.2, 0.25) is 0 Å². The fourth-order valence-electron chi connectivity index (χ4n) is 7.93. The number of hydrogen-bond donors (Lipinski definition) is 7. The van der Waals surface area contributed by atoms with E-state index >= 15 is 0 Å². The fraction of sp³-hybridized carbons (Fsp3) is 0.800. The van der Waals surface area contributed by atoms with Crippen LogP contribution in [0.4, 0.5) is 11.4 Å². The second-order valence-electron chi connectivity index (χ2n) is 14.2. The van der Waals surface area contributed by atoms with Crippen molar-refractivity contribution in [2.75, 3.05) is 37.4 Å². The van der Waals surface area contributed by atoms with Crippen molar-refractivity contribution in [3.05, 3.63) is 23.8 Å². The van der Waals surface area contributed by atoms with Crippen molar-refractivity contribution in [2.45, 2.75) is 108 Å². The first-order valence-electron chi connectivity index (χ1n) is 15.3. The number of aliphatic hydroxyl groups excluding tert-OH is 2. The van der Waals surface area contributed by atoms with E-state index in [1.807, 2.05) is 0 Å². The summed E-state index contributed by atoms with van der Waals surface area (Å²) in [6.45, 7) is 9.24. The molecule has 1 aromatic carbocycles. The standard InChI is InChI=1S/C30H51N7O2/c1-30(2,3)19-6-7-22-23(14-19)35-25(34-22)8-5-17-11-20(12-17)36(4)15-18-13-24(27(39)26(18)38)37-10-9-21-28(31)32-16-33-29(21)37/h6-7,14,17-18,20-21,24-29,32-35,38-39H,5,8-13,15-16,31H2,1-4H3/t17?,18-,20?,21?,24-,25?,26-,27+,28?,29?/m1/s1. The van der Waals surface area contributed by atoms with Gasteiger partial charge < -0.3 is 31.5 Å². The number of hydrogen-bond acceptors (Lipinski definition) is 9. The molecule has 39 heavy (non-hydrogen) atoms. The van der Waals surface area contributed by atoms with Crippen LogP contribution in [-0.4, -0.2) is 89.6 Å². The highest BCUT2D eigenvalue weighted by atomic mass is 16.3. The molecule has 5 aliphatic rings. The Morgan fingerprint density at radius 1 is 1.03 bits per heavy atom. The molecule has 8 N–H and O–H groups in total. The lowest BCUT2D eigenvalue weighted by Gasteiger charge is -2.43. The van der Waals surface area contributed by atoms with Crippen LogP contribution in [-0.2, 0) is 5.41 Å². The first-order valence-corrected chi connectivity index (χ1v) is 15.3. The van der Waals surface area contributed by atoms with Gasteiger partial charge in [-0.25, -0.2) is 0 Å². The maximum absolute atomic E-state index is 11.0. The second-order valence-corrected chi connectivity index (χ2v) is 14.2. The third-order valence-corrected chi connectivity index (χ3v) is 10.6. The smallest absolute Gasteiger partial charge is 0.0964 e. The van der Waals surface area contributed by atoms with Gasteiger partial charge in [0.1, 0.15) is 0 Å². The highest BCUT2D eigenvalue weighted by molar-refractivity contribution is 5.75. The van der Waals surface area contributed by atoms with Crippen molar-refractivity contribution in [2.24, 2.45) is 23.5 Å². The molecule has 1 aromatic rings. The Labute approximate surface area is 234 Å². The maximum atomic E-state index is 11.0. The lowest BCUT2D eigenvalue weighted by Crippen LogP contribution is -2.64. The number of nitrogens with two attached hydrogens (primary N) is 1. The van der Waals surface area contributed by atoms with E-state index in [4.69, 9.17) is 5.73 Å². The van der Waals surface area contributed by atoms with E-state index < -0.39 is 12.2 Å². The zero-order valence-electron chi connectivity index (χ0n) is 24.2. The molecule has 0 spiro atoms. The summed E-state index contributed by atoms with van der Waals surface area (Å²) < 4.78 is 0. The van der Waals surface area contributed by atoms with Gasteiger partial charge in [0.25, 0.3) is 0 Å². The highest BCUT2D eigenvalue weighted by Crippen LogP contribution is 2.41. The van der Waals surface area contributed by atoms with Crippen LogP contribution in [0, 0.1) is 17.8 Å². The molecule has 0 amide bonds. The van der Waals surface area contributed by atoms with Crippen molar-refractivity contribution in [1.82, 2.24) is 20.4 Å². The molecule has 4 unspecified atom stereocenters. The van der Waals surface area contributed by atoms with Crippen LogP contribution >= 0.6 is 0 Å². The van der Waals surface area contributed by atoms with E-state index in [0.717, 1.165) is 38.3 Å². The number of fused-ring (bicyclic) bond motifs is 2. The summed E-state index contributed by atoms with van der Waals surface area (Å²) in [5, 5.41) is 36.2. The number of nitrogens with one attached hydrogen (secondary N) is 4. The molecule has 2 saturated carbocycles. The topological polar surface area (TPSA) is 121 Å². The van der Waals surface area contributed by atoms with Crippen molar-refractivity contribution >= 4 is 11.4 Å². The molecule has 9 heteroatoms. The molecule has 218 valence electrons. The van der Waals surface area contributed by atoms with Crippen molar-refractivity contribution in [3.63, 3.8) is 0 Å². The summed E-state index contributed by atoms with van der Waals surface area (Å²) >= 11 is 0. The first-order chi connectivity index (χ1) is 18.6. The van der Waals surface area contributed by atoms with Crippen LogP contribution in [0.5, 0.6) is 0 Å². The molecular formula is C30H51N7O2. The molecule has 0 aromatic heterocycles. The van der Waals surface area contributed by atoms with Gasteiger partial charge in [0.15, 0.2) is 0 Å². The summed E-state index contributed by atoms with van der Waals surface area (Å²) in [4.78, 5) is 4.83. The zero-order chi connectivity index (χ0) is 27.5. The van der Waals surface area contributed by atoms with Crippen LogP contribution < -0.4 is 27.0 Å². The van der Waals surface area contributed by atoms with Gasteiger partial charge in [-0.2, -0.15) is 0 Å². The van der Waals surface area contributed by atoms with Crippen LogP contribution in [0.3, 0.4) is 0 Å². The SMILES string of the molecule is CN(C[C@H]1C[C@@H](N2CCC3C(N)NCNC32)[C@H](O)[C@@H]1O)C1CC(CCC2Nc3ccc(C(C)(C)C)cc3N2)C1. The zero-order valence-corrected chi connectivity index (χ0v) is 24.2. The summed E-state index contributed by atoms with van der Waals surface area (Å²) in [6, 6.07) is 7.34. The number of likely N-dealkylation sites (tertiary alicyclic amines) is 1. The van der Waals surface area contributed by atoms with Crippen molar-refractivity contribution < 1.29 is 10.2 Å². The molecule has 9 nitrogen and oxygen atoms in total. The van der Waals surface area contributed by atoms with Gasteiger partial charge in [-0.1, -0.05) is 26.8 Å². The van der Waals surface area contributed by atoms with Gasteiger partial charge in [0.05, 0.1) is 42.1 Å². The minimum absolute atomic E-state index is 0.00430. The summed E-state index contributed by atoms with van der Waals surface area (Å²) in [5.41, 5.74) is 10.3. The second kappa shape index (κ2) is 10.7. The van der Waals surface area contributed by atoms with Crippen LogP contribution in [0.1, 0.15) is 64.9 Å². The monoisotopic (exact) mass is 541 g/mol. The Morgan fingerprint density at radius 3 is 2.56 bits per heavy atom. The third-order valence-electron chi connectivity index (χ3n) is 10.6. The Balaban J connectivity index is 0.941. The molecule has 8 atom stereocenters. The van der Waals surface area contributed by atoms with E-state index in [1.54, 1.807) is 0 Å². The molecule has 0 radical (unpaired) electrons. The lowest BCUT2D eigenvalue weighted by molar-refractivity contribution is -0.0279. The lowest BCUT2D eigenvalue weighted by atomic mass is 9.76. The minimum Gasteiger partial charge on any atom is -0.390 e. The number of nitrogens with zero attached hydrogens (tertiary/aromatic N) is 2. The van der Waals surface area contributed by atoms with Gasteiger partial charge >= 0.3 is 0 Å². The average molecular weight is 542 g/mol. The Kier molecular flexibility index (Phi) is 7.63. The maximum Gasteiger partial charge on any atom is 0.0964 e. The average Bonchev–Trinajstić information content (AvgIpc) is 3.54. The van der Waals surface area contributed by atoms with E-state index in [9.17, 15) is 10.2 Å². The molecule has 3 heterocycles. The molecule has 4 fully saturated rings. The van der Waals surface area contributed by atoms with E-state index in [-0.39, 0.29) is 29.7 Å². The molecule has 2 aliphatic carbocycles. The van der Waals surface area contributed by atoms with Gasteiger partial charge in [-0.15, -0.1) is 0 Å². The van der Waals surface area contributed by atoms with Crippen molar-refractivity contribution in [1.29, 1.82) is 0 Å². The van der Waals surface area contributed by atoms with Gasteiger partial charge in [0.2, 0.25) is 0 Å². The fourth-order valence-corrected chi connectivity index (χ4v) is 7.93. The van der Waals surface area contributed by atoms with Crippen LogP contribution in [0.25, 0.3) is 0 Å². The van der Waals surface area contributed by atoms with E-state index in [0.29, 0.717) is 24.8 Å². The molecule has 2 saturated heterocycles. The molecular weight excluding hydrogens is 490 g/mol. The number of benzene rings is 1. The van der Waals surface area contributed by atoms with Crippen LogP contribution in [0.15, 0.2) is 18.2 Å². The predicted octanol–water partition coefficient (Wildman–Crippen LogP) is 1.83. The Morgan fingerprint density at radius 2 is 1.79 bits per heavy atom. The third kappa shape index (κ3) is 5.44. The predicted molar refractivity (Wildman–Crippen MR) is 156 cm³/mol. The highest BCUT2D eigenvalue weighted by Gasteiger charge is 2.50. The van der Waals surface area contributed by atoms with Gasteiger partial charge in [-0.05, 0) is 74.6 Å². The normalized spacial score (nSPS) is 40.2. The van der Waals surface area contributed by atoms with E-state index in [2.05, 4.69) is 77.1 Å². The Bertz CT molecular complexity index is 1010. The minimum atomic E-state index is -0.695. The summed E-state index contributed by atoms with van der Waals surface area (Å²) in [5.74, 6) is 1.21. The number of anilines is 2. The molecule has 3 aliphatic heterocycles. The summed E-state index contributed by atoms with van der Waals surface area (Å²) in [7, 11) is 2.20. The Hall–Kier alpha value is -1.46. The van der Waals surface area contributed by atoms with Crippen molar-refractivity contribution in [3.8, 4) is 0 Å². The largest absolute Gasteiger partial charge is 0.390 e. The quantitative estimate of drug-likeness (QED) is 0.277. The number of aliphatic hydroxyl groups is 2. The van der Waals surface area contributed by atoms with Gasteiger partial charge in [-0.3, -0.25) is 15.5 Å². The van der Waals surface area contributed by atoms with E-state index in [1.165, 1.54) is 36.2 Å². The number of rotatable bonds is 7. The summed E-state index contributed by atoms with van der Waals surface area (Å²) in [6.07, 6.45) is 5.81. The molecule has 0 bridgehead atoms. The van der Waals surface area contributed by atoms with Gasteiger partial charge in [0, 0.05) is 43.7 Å².